The number of H-pyrrole nitrogens is 2. The number of rotatable bonds is 13. The van der Waals surface area contributed by atoms with Crippen LogP contribution in [0, 0.1) is 13.8 Å². The summed E-state index contributed by atoms with van der Waals surface area (Å²) in [6.07, 6.45) is 3.34. The maximum Gasteiger partial charge on any atom is 0.220 e. The molecule has 0 aromatic carbocycles. The molecule has 0 spiro atoms. The zero-order valence-electron chi connectivity index (χ0n) is 29.3. The van der Waals surface area contributed by atoms with Gasteiger partial charge in [0, 0.05) is 59.2 Å². The average Bonchev–Trinajstić information content (AvgIpc) is 3.83. The Kier molecular flexibility index (Phi) is 10.3. The highest BCUT2D eigenvalue weighted by Gasteiger charge is 2.31. The summed E-state index contributed by atoms with van der Waals surface area (Å²) in [6, 6.07) is 6.30. The first-order chi connectivity index (χ1) is 23.7. The maximum atomic E-state index is 13.0. The number of fused-ring (bicyclic) bond motifs is 8. The van der Waals surface area contributed by atoms with Crippen molar-refractivity contribution in [3.8, 4) is 0 Å². The highest BCUT2D eigenvalue weighted by Crippen LogP contribution is 2.44. The number of aliphatic hydroxyl groups excluding tert-OH is 1. The van der Waals surface area contributed by atoms with Crippen molar-refractivity contribution >= 4 is 56.3 Å². The van der Waals surface area contributed by atoms with Crippen molar-refractivity contribution in [2.45, 2.75) is 66.4 Å². The average molecular weight is 665 g/mol. The van der Waals surface area contributed by atoms with E-state index in [1.807, 2.05) is 6.08 Å². The number of carbonyl (C=O) groups is 1. The Morgan fingerprint density at radius 1 is 0.959 bits per heavy atom. The molecule has 10 heteroatoms. The predicted molar refractivity (Wildman–Crippen MR) is 197 cm³/mol. The molecule has 5 heterocycles. The molecule has 3 aromatic rings. The Morgan fingerprint density at radius 2 is 1.63 bits per heavy atom. The fraction of sp³-hybridized carbons (Fsp3) is 0.410. The molecule has 0 fully saturated rings. The number of hydrogen-bond donors (Lipinski definition) is 5. The third-order valence-electron chi connectivity index (χ3n) is 9.97. The van der Waals surface area contributed by atoms with Gasteiger partial charge < -0.3 is 35.6 Å². The van der Waals surface area contributed by atoms with Crippen LogP contribution in [0.15, 0.2) is 24.8 Å². The van der Waals surface area contributed by atoms with Gasteiger partial charge >= 0.3 is 0 Å². The summed E-state index contributed by atoms with van der Waals surface area (Å²) in [5, 5.41) is 14.4. The van der Waals surface area contributed by atoms with Crippen LogP contribution >= 0.6 is 0 Å². The van der Waals surface area contributed by atoms with Gasteiger partial charge in [-0.25, -0.2) is 9.97 Å². The van der Waals surface area contributed by atoms with Gasteiger partial charge in [0.2, 0.25) is 5.91 Å². The number of hydrogen-bond acceptors (Lipinski definition) is 7. The molecule has 1 atom stereocenters. The first-order valence-electron chi connectivity index (χ1n) is 17.3. The smallest absolute Gasteiger partial charge is 0.220 e. The van der Waals surface area contributed by atoms with Crippen LogP contribution in [-0.2, 0) is 20.7 Å². The molecule has 3 aromatic heterocycles. The second-order valence-corrected chi connectivity index (χ2v) is 12.9. The largest absolute Gasteiger partial charge is 0.388 e. The van der Waals surface area contributed by atoms with Crippen LogP contribution in [0.3, 0.4) is 0 Å². The Labute approximate surface area is 287 Å². The second-order valence-electron chi connectivity index (χ2n) is 12.9. The number of nitrogens with two attached hydrogens (primary N) is 1. The monoisotopic (exact) mass is 664 g/mol. The Morgan fingerprint density at radius 3 is 2.37 bits per heavy atom. The van der Waals surface area contributed by atoms with Gasteiger partial charge in [-0.3, -0.25) is 4.79 Å². The number of carbonyl (C=O) groups excluding carboxylic acids is 1. The van der Waals surface area contributed by atoms with E-state index in [1.54, 1.807) is 0 Å². The Hall–Kier alpha value is -4.35. The lowest BCUT2D eigenvalue weighted by atomic mass is 9.98. The van der Waals surface area contributed by atoms with E-state index < -0.39 is 6.10 Å². The van der Waals surface area contributed by atoms with E-state index >= 15 is 0 Å². The molecule has 0 saturated carbocycles. The molecule has 1 amide bonds. The van der Waals surface area contributed by atoms with Gasteiger partial charge in [0.05, 0.1) is 60.8 Å². The first-order valence-corrected chi connectivity index (χ1v) is 17.3. The van der Waals surface area contributed by atoms with E-state index in [2.05, 4.69) is 74.7 Å². The molecule has 8 bridgehead atoms. The number of nitrogens with one attached hydrogen (secondary N) is 3. The lowest BCUT2D eigenvalue weighted by Crippen LogP contribution is -2.27. The molecular weight excluding hydrogens is 616 g/mol. The van der Waals surface area contributed by atoms with Crippen molar-refractivity contribution in [2.24, 2.45) is 5.73 Å². The number of allylic oxidation sites excluding steroid dienone is 4. The van der Waals surface area contributed by atoms with Crippen molar-refractivity contribution in [1.82, 2.24) is 25.3 Å². The summed E-state index contributed by atoms with van der Waals surface area (Å²) >= 11 is 0. The predicted octanol–water partition coefficient (Wildman–Crippen LogP) is 6.32. The molecule has 6 N–H and O–H groups in total. The summed E-state index contributed by atoms with van der Waals surface area (Å²) in [5.74, 6) is -0.0531. The minimum atomic E-state index is -0.657. The SMILES string of the molecule is C=Cc1c(C)c2cc3nc(c4c5[nH]c(cc6nc(cc1[nH]2)C(C)=C6CC)c(C)c5C(O)C4)C(CCC(=O)NCCOCCOCCN)=C3C. The van der Waals surface area contributed by atoms with E-state index in [-0.39, 0.29) is 5.91 Å². The highest BCUT2D eigenvalue weighted by atomic mass is 16.5. The lowest BCUT2D eigenvalue weighted by Gasteiger charge is -2.09. The van der Waals surface area contributed by atoms with Crippen LogP contribution in [-0.4, -0.2) is 70.5 Å². The van der Waals surface area contributed by atoms with Gasteiger partial charge in [0.25, 0.3) is 0 Å². The van der Waals surface area contributed by atoms with E-state index in [1.165, 1.54) is 5.57 Å². The number of nitrogens with zero attached hydrogens (tertiary/aromatic N) is 2. The molecule has 10 nitrogen and oxygen atoms in total. The van der Waals surface area contributed by atoms with E-state index in [0.717, 1.165) is 95.8 Å². The molecular formula is C39H48N6O4. The minimum absolute atomic E-state index is 0.0531. The minimum Gasteiger partial charge on any atom is -0.388 e. The van der Waals surface area contributed by atoms with Crippen LogP contribution in [0.4, 0.5) is 0 Å². The summed E-state index contributed by atoms with van der Waals surface area (Å²) in [5.41, 5.74) is 22.0. The molecule has 0 saturated heterocycles. The van der Waals surface area contributed by atoms with Crippen LogP contribution in [0.25, 0.3) is 50.4 Å². The zero-order chi connectivity index (χ0) is 34.8. The fourth-order valence-electron chi connectivity index (χ4n) is 7.25. The first kappa shape index (κ1) is 34.5. The third-order valence-corrected chi connectivity index (χ3v) is 9.97. The number of amides is 1. The van der Waals surface area contributed by atoms with Crippen molar-refractivity contribution in [2.75, 3.05) is 39.5 Å². The third kappa shape index (κ3) is 6.66. The van der Waals surface area contributed by atoms with Gasteiger partial charge in [-0.15, -0.1) is 0 Å². The Bertz CT molecular complexity index is 2030. The lowest BCUT2D eigenvalue weighted by molar-refractivity contribution is -0.121. The number of ether oxygens (including phenoxy) is 2. The van der Waals surface area contributed by atoms with Crippen LogP contribution < -0.4 is 11.1 Å². The van der Waals surface area contributed by atoms with Crippen LogP contribution in [0.5, 0.6) is 0 Å². The quantitative estimate of drug-likeness (QED) is 0.134. The van der Waals surface area contributed by atoms with Crippen molar-refractivity contribution in [3.05, 3.63) is 75.4 Å². The number of aromatic nitrogens is 4. The van der Waals surface area contributed by atoms with Crippen molar-refractivity contribution in [1.29, 1.82) is 0 Å². The highest BCUT2D eigenvalue weighted by molar-refractivity contribution is 5.97. The van der Waals surface area contributed by atoms with Crippen molar-refractivity contribution in [3.63, 3.8) is 0 Å². The Balaban J connectivity index is 1.43. The topological polar surface area (TPSA) is 151 Å². The number of aryl methyl sites for hydroxylation is 2. The molecule has 49 heavy (non-hydrogen) atoms. The van der Waals surface area contributed by atoms with E-state index in [9.17, 15) is 9.90 Å². The summed E-state index contributed by atoms with van der Waals surface area (Å²) < 4.78 is 10.9. The van der Waals surface area contributed by atoms with E-state index in [0.29, 0.717) is 58.8 Å². The van der Waals surface area contributed by atoms with Crippen LogP contribution in [0.1, 0.15) is 96.7 Å². The summed E-state index contributed by atoms with van der Waals surface area (Å²) in [7, 11) is 0. The van der Waals surface area contributed by atoms with Crippen LogP contribution in [0.2, 0.25) is 0 Å². The van der Waals surface area contributed by atoms with E-state index in [4.69, 9.17) is 25.2 Å². The number of aliphatic hydroxyl groups is 1. The van der Waals surface area contributed by atoms with Gasteiger partial charge in [-0.1, -0.05) is 19.6 Å². The molecule has 0 radical (unpaired) electrons. The molecule has 2 aliphatic heterocycles. The standard InChI is InChI=1S/C39H48N6O4/c1-7-25-21(3)29-18-31-23(5)27(9-10-36(47)41-12-14-49-16-15-48-13-11-40)38(44-31)28-17-35(46)37-24(6)32(45-39(28)37)20-34-26(8-2)22(4)30(43-34)19-33(25)42-29/h7,18-20,35,42,45-46H,1,8-17,40H2,2-6H3,(H,41,47). The van der Waals surface area contributed by atoms with Gasteiger partial charge in [-0.2, -0.15) is 0 Å². The molecule has 3 aliphatic rings. The van der Waals surface area contributed by atoms with Gasteiger partial charge in [0.1, 0.15) is 0 Å². The zero-order valence-corrected chi connectivity index (χ0v) is 29.3. The summed E-state index contributed by atoms with van der Waals surface area (Å²) in [4.78, 5) is 30.6. The molecule has 258 valence electrons. The maximum absolute atomic E-state index is 13.0. The van der Waals surface area contributed by atoms with Gasteiger partial charge in [0.15, 0.2) is 0 Å². The number of aromatic amines is 2. The molecule has 6 rings (SSSR count). The normalized spacial score (nSPS) is 15.4. The van der Waals surface area contributed by atoms with Gasteiger partial charge in [-0.05, 0) is 92.2 Å². The summed E-state index contributed by atoms with van der Waals surface area (Å²) in [6.45, 7) is 17.4. The second kappa shape index (κ2) is 14.6. The fourth-order valence-corrected chi connectivity index (χ4v) is 7.25. The molecule has 1 aliphatic carbocycles. The van der Waals surface area contributed by atoms with Crippen molar-refractivity contribution < 1.29 is 19.4 Å². The molecule has 1 unspecified atom stereocenters.